The van der Waals surface area contributed by atoms with Crippen LogP contribution in [-0.2, 0) is 14.8 Å². The topological polar surface area (TPSA) is 87.7 Å². The van der Waals surface area contributed by atoms with E-state index in [4.69, 9.17) is 4.74 Å². The predicted octanol–water partition coefficient (Wildman–Crippen LogP) is 3.21. The van der Waals surface area contributed by atoms with Crippen molar-refractivity contribution in [3.8, 4) is 5.75 Å². The van der Waals surface area contributed by atoms with Gasteiger partial charge < -0.3 is 15.0 Å². The molecule has 7 nitrogen and oxygen atoms in total. The number of methoxy groups -OCH3 is 1. The number of halogens is 1. The van der Waals surface area contributed by atoms with Crippen molar-refractivity contribution >= 4 is 33.0 Å². The molecule has 1 saturated heterocycles. The SMILES string of the molecule is COc1ccc(NC(=O)CS(=O)(=O)Nc2ccc(N3CCCCC3)cc2)cc1F. The molecule has 156 valence electrons. The summed E-state index contributed by atoms with van der Waals surface area (Å²) in [5, 5.41) is 2.37. The first kappa shape index (κ1) is 20.9. The zero-order valence-electron chi connectivity index (χ0n) is 16.2. The van der Waals surface area contributed by atoms with Crippen molar-refractivity contribution in [1.82, 2.24) is 0 Å². The fraction of sp³-hybridized carbons (Fsp3) is 0.350. The van der Waals surface area contributed by atoms with Crippen molar-refractivity contribution in [2.75, 3.05) is 40.9 Å². The summed E-state index contributed by atoms with van der Waals surface area (Å²) < 4.78 is 45.4. The highest BCUT2D eigenvalue weighted by atomic mass is 32.2. The van der Waals surface area contributed by atoms with Gasteiger partial charge in [-0.1, -0.05) is 0 Å². The molecule has 1 aliphatic heterocycles. The summed E-state index contributed by atoms with van der Waals surface area (Å²) in [5.74, 6) is -2.17. The van der Waals surface area contributed by atoms with Gasteiger partial charge in [-0.2, -0.15) is 0 Å². The summed E-state index contributed by atoms with van der Waals surface area (Å²) in [6.07, 6.45) is 3.54. The van der Waals surface area contributed by atoms with Crippen LogP contribution in [-0.4, -0.2) is 40.3 Å². The average Bonchev–Trinajstić information content (AvgIpc) is 2.68. The number of nitrogens with one attached hydrogen (secondary N) is 2. The first-order valence-corrected chi connectivity index (χ1v) is 11.0. The zero-order chi connectivity index (χ0) is 20.9. The van der Waals surface area contributed by atoms with Crippen LogP contribution in [0.3, 0.4) is 0 Å². The van der Waals surface area contributed by atoms with Crippen molar-refractivity contribution in [1.29, 1.82) is 0 Å². The number of sulfonamides is 1. The standard InChI is InChI=1S/C20H24FN3O4S/c1-28-19-10-7-16(13-18(19)21)22-20(25)14-29(26,27)23-15-5-8-17(9-6-15)24-11-3-2-4-12-24/h5-10,13,23H,2-4,11-12,14H2,1H3,(H,22,25). The molecule has 0 atom stereocenters. The van der Waals surface area contributed by atoms with E-state index in [-0.39, 0.29) is 11.4 Å². The van der Waals surface area contributed by atoms with E-state index in [1.807, 2.05) is 12.1 Å². The van der Waals surface area contributed by atoms with Gasteiger partial charge in [0.1, 0.15) is 5.75 Å². The Hall–Kier alpha value is -2.81. The summed E-state index contributed by atoms with van der Waals surface area (Å²) in [7, 11) is -2.58. The fourth-order valence-electron chi connectivity index (χ4n) is 3.22. The fourth-order valence-corrected chi connectivity index (χ4v) is 4.21. The zero-order valence-corrected chi connectivity index (χ0v) is 17.0. The van der Waals surface area contributed by atoms with Crippen LogP contribution >= 0.6 is 0 Å². The van der Waals surface area contributed by atoms with Crippen molar-refractivity contribution < 1.29 is 22.3 Å². The normalized spacial score (nSPS) is 14.3. The van der Waals surface area contributed by atoms with Crippen LogP contribution in [0.1, 0.15) is 19.3 Å². The third kappa shape index (κ3) is 5.83. The van der Waals surface area contributed by atoms with Crippen molar-refractivity contribution in [3.05, 3.63) is 48.3 Å². The van der Waals surface area contributed by atoms with E-state index in [9.17, 15) is 17.6 Å². The number of piperidine rings is 1. The minimum Gasteiger partial charge on any atom is -0.494 e. The number of hydrogen-bond donors (Lipinski definition) is 2. The summed E-state index contributed by atoms with van der Waals surface area (Å²) >= 11 is 0. The van der Waals surface area contributed by atoms with Gasteiger partial charge in [0.25, 0.3) is 0 Å². The lowest BCUT2D eigenvalue weighted by molar-refractivity contribution is -0.113. The molecule has 1 heterocycles. The van der Waals surface area contributed by atoms with Crippen LogP contribution in [0, 0.1) is 5.82 Å². The molecule has 0 bridgehead atoms. The smallest absolute Gasteiger partial charge is 0.241 e. The van der Waals surface area contributed by atoms with E-state index in [1.54, 1.807) is 12.1 Å². The Morgan fingerprint density at radius 1 is 1.07 bits per heavy atom. The van der Waals surface area contributed by atoms with Gasteiger partial charge in [0.2, 0.25) is 15.9 Å². The molecular weight excluding hydrogens is 397 g/mol. The Morgan fingerprint density at radius 2 is 1.72 bits per heavy atom. The number of anilines is 3. The minimum atomic E-state index is -3.91. The summed E-state index contributed by atoms with van der Waals surface area (Å²) in [4.78, 5) is 14.3. The molecule has 29 heavy (non-hydrogen) atoms. The molecule has 2 N–H and O–H groups in total. The third-order valence-electron chi connectivity index (χ3n) is 4.62. The second-order valence-electron chi connectivity index (χ2n) is 6.85. The lowest BCUT2D eigenvalue weighted by atomic mass is 10.1. The molecule has 0 radical (unpaired) electrons. The highest BCUT2D eigenvalue weighted by Crippen LogP contribution is 2.23. The Balaban J connectivity index is 1.57. The lowest BCUT2D eigenvalue weighted by Gasteiger charge is -2.28. The first-order chi connectivity index (χ1) is 13.9. The summed E-state index contributed by atoms with van der Waals surface area (Å²) in [6.45, 7) is 1.99. The second-order valence-corrected chi connectivity index (χ2v) is 8.58. The Labute approximate surface area is 169 Å². The number of nitrogens with zero attached hydrogens (tertiary/aromatic N) is 1. The number of carbonyl (C=O) groups excluding carboxylic acids is 1. The lowest BCUT2D eigenvalue weighted by Crippen LogP contribution is -2.29. The number of hydrogen-bond acceptors (Lipinski definition) is 5. The number of rotatable bonds is 7. The first-order valence-electron chi connectivity index (χ1n) is 9.35. The van der Waals surface area contributed by atoms with Gasteiger partial charge in [0, 0.05) is 36.2 Å². The molecule has 3 rings (SSSR count). The average molecular weight is 421 g/mol. The van der Waals surface area contributed by atoms with Gasteiger partial charge in [0.05, 0.1) is 7.11 Å². The molecule has 0 aromatic heterocycles. The maximum atomic E-state index is 13.7. The Morgan fingerprint density at radius 3 is 2.34 bits per heavy atom. The van der Waals surface area contributed by atoms with Crippen LogP contribution in [0.15, 0.2) is 42.5 Å². The maximum Gasteiger partial charge on any atom is 0.241 e. The van der Waals surface area contributed by atoms with Gasteiger partial charge in [-0.15, -0.1) is 0 Å². The van der Waals surface area contributed by atoms with E-state index >= 15 is 0 Å². The molecule has 0 unspecified atom stereocenters. The molecule has 0 saturated carbocycles. The second kappa shape index (κ2) is 9.13. The molecule has 1 amide bonds. The van der Waals surface area contributed by atoms with Gasteiger partial charge >= 0.3 is 0 Å². The van der Waals surface area contributed by atoms with E-state index in [1.165, 1.54) is 25.7 Å². The van der Waals surface area contributed by atoms with E-state index in [0.717, 1.165) is 37.7 Å². The van der Waals surface area contributed by atoms with Gasteiger partial charge in [-0.3, -0.25) is 9.52 Å². The Kier molecular flexibility index (Phi) is 6.58. The monoisotopic (exact) mass is 421 g/mol. The maximum absolute atomic E-state index is 13.7. The molecule has 1 aliphatic rings. The number of benzene rings is 2. The number of amides is 1. The third-order valence-corrected chi connectivity index (χ3v) is 5.81. The Bertz CT molecular complexity index is 958. The molecule has 0 spiro atoms. The summed E-state index contributed by atoms with van der Waals surface area (Å²) in [5.41, 5.74) is 1.58. The van der Waals surface area contributed by atoms with E-state index in [2.05, 4.69) is 14.9 Å². The summed E-state index contributed by atoms with van der Waals surface area (Å²) in [6, 6.07) is 10.9. The highest BCUT2D eigenvalue weighted by Gasteiger charge is 2.18. The molecule has 2 aromatic carbocycles. The number of ether oxygens (including phenoxy) is 1. The molecule has 0 aliphatic carbocycles. The van der Waals surface area contributed by atoms with Crippen LogP contribution in [0.5, 0.6) is 5.75 Å². The van der Waals surface area contributed by atoms with Crippen LogP contribution in [0.25, 0.3) is 0 Å². The van der Waals surface area contributed by atoms with Crippen LogP contribution < -0.4 is 19.7 Å². The van der Waals surface area contributed by atoms with Crippen molar-refractivity contribution in [2.24, 2.45) is 0 Å². The molecular formula is C20H24FN3O4S. The van der Waals surface area contributed by atoms with Crippen LogP contribution in [0.2, 0.25) is 0 Å². The van der Waals surface area contributed by atoms with Crippen molar-refractivity contribution in [2.45, 2.75) is 19.3 Å². The van der Waals surface area contributed by atoms with E-state index in [0.29, 0.717) is 5.69 Å². The van der Waals surface area contributed by atoms with Crippen molar-refractivity contribution in [3.63, 3.8) is 0 Å². The van der Waals surface area contributed by atoms with Crippen LogP contribution in [0.4, 0.5) is 21.5 Å². The molecule has 1 fully saturated rings. The van der Waals surface area contributed by atoms with E-state index < -0.39 is 27.5 Å². The van der Waals surface area contributed by atoms with Gasteiger partial charge in [0.15, 0.2) is 11.6 Å². The molecule has 2 aromatic rings. The highest BCUT2D eigenvalue weighted by molar-refractivity contribution is 7.93. The predicted molar refractivity (Wildman–Crippen MR) is 111 cm³/mol. The van der Waals surface area contributed by atoms with Gasteiger partial charge in [-0.25, -0.2) is 12.8 Å². The quantitative estimate of drug-likeness (QED) is 0.717. The molecule has 9 heteroatoms. The minimum absolute atomic E-state index is 0.0327. The van der Waals surface area contributed by atoms with Gasteiger partial charge in [-0.05, 0) is 55.7 Å². The number of carbonyl (C=O) groups is 1. The largest absolute Gasteiger partial charge is 0.494 e.